The third-order valence-electron chi connectivity index (χ3n) is 3.54. The predicted molar refractivity (Wildman–Crippen MR) is 73.6 cm³/mol. The Morgan fingerprint density at radius 1 is 1.61 bits per heavy atom. The van der Waals surface area contributed by atoms with Crippen LogP contribution < -0.4 is 11.1 Å². The van der Waals surface area contributed by atoms with Crippen molar-refractivity contribution in [1.82, 2.24) is 9.78 Å². The Morgan fingerprint density at radius 3 is 2.89 bits per heavy atom. The molecule has 0 aromatic carbocycles. The van der Waals surface area contributed by atoms with Crippen molar-refractivity contribution in [1.29, 1.82) is 0 Å². The summed E-state index contributed by atoms with van der Waals surface area (Å²) in [4.78, 5) is 12.2. The first kappa shape index (κ1) is 15.0. The Hall–Kier alpha value is -1.07. The first-order chi connectivity index (χ1) is 7.99. The molecule has 6 heteroatoms. The summed E-state index contributed by atoms with van der Waals surface area (Å²) in [6.45, 7) is 1.97. The monoisotopic (exact) mass is 272 g/mol. The maximum absolute atomic E-state index is 12.2. The molecule has 1 aliphatic carbocycles. The van der Waals surface area contributed by atoms with Crippen molar-refractivity contribution in [3.05, 3.63) is 12.4 Å². The lowest BCUT2D eigenvalue weighted by Crippen LogP contribution is -2.51. The fourth-order valence-corrected chi connectivity index (χ4v) is 2.50. The number of aromatic nitrogens is 2. The average molecular weight is 273 g/mol. The van der Waals surface area contributed by atoms with Crippen LogP contribution in [0.4, 0.5) is 5.69 Å². The number of amides is 1. The molecular weight excluding hydrogens is 252 g/mol. The lowest BCUT2D eigenvalue weighted by molar-refractivity contribution is -0.122. The van der Waals surface area contributed by atoms with Crippen LogP contribution in [0, 0.1) is 5.92 Å². The van der Waals surface area contributed by atoms with E-state index >= 15 is 0 Å². The van der Waals surface area contributed by atoms with E-state index < -0.39 is 0 Å². The molecule has 1 fully saturated rings. The van der Waals surface area contributed by atoms with Crippen LogP contribution in [0.3, 0.4) is 0 Å². The van der Waals surface area contributed by atoms with Gasteiger partial charge in [0.25, 0.3) is 0 Å². The third-order valence-corrected chi connectivity index (χ3v) is 3.54. The van der Waals surface area contributed by atoms with Gasteiger partial charge in [-0.2, -0.15) is 5.10 Å². The van der Waals surface area contributed by atoms with Crippen molar-refractivity contribution >= 4 is 24.0 Å². The fraction of sp³-hybridized carbons (Fsp3) is 0.667. The van der Waals surface area contributed by atoms with Gasteiger partial charge in [-0.3, -0.25) is 9.48 Å². The molecule has 3 N–H and O–H groups in total. The summed E-state index contributed by atoms with van der Waals surface area (Å²) >= 11 is 0. The van der Waals surface area contributed by atoms with Crippen molar-refractivity contribution in [3.63, 3.8) is 0 Å². The Balaban J connectivity index is 0.00000162. The molecule has 1 saturated carbocycles. The van der Waals surface area contributed by atoms with Gasteiger partial charge in [0, 0.05) is 18.8 Å². The van der Waals surface area contributed by atoms with Gasteiger partial charge < -0.3 is 11.1 Å². The molecule has 102 valence electrons. The highest BCUT2D eigenvalue weighted by atomic mass is 35.5. The summed E-state index contributed by atoms with van der Waals surface area (Å²) in [5.41, 5.74) is 6.55. The summed E-state index contributed by atoms with van der Waals surface area (Å²) in [7, 11) is 1.82. The number of halogens is 1. The SMILES string of the molecule is Cl.Cn1cc(NC(=O)C2CCCCC2(C)N)cn1. The second-order valence-corrected chi connectivity index (χ2v) is 5.20. The van der Waals surface area contributed by atoms with E-state index in [1.54, 1.807) is 17.1 Å². The molecule has 5 nitrogen and oxygen atoms in total. The van der Waals surface area contributed by atoms with Gasteiger partial charge >= 0.3 is 0 Å². The number of rotatable bonds is 2. The fourth-order valence-electron chi connectivity index (χ4n) is 2.50. The van der Waals surface area contributed by atoms with Crippen molar-refractivity contribution < 1.29 is 4.79 Å². The van der Waals surface area contributed by atoms with Crippen molar-refractivity contribution in [3.8, 4) is 0 Å². The summed E-state index contributed by atoms with van der Waals surface area (Å²) in [6.07, 6.45) is 7.42. The third kappa shape index (κ3) is 3.23. The van der Waals surface area contributed by atoms with Crippen LogP contribution in [-0.4, -0.2) is 21.2 Å². The van der Waals surface area contributed by atoms with Gasteiger partial charge in [0.15, 0.2) is 0 Å². The Kier molecular flexibility index (Phi) is 4.76. The summed E-state index contributed by atoms with van der Waals surface area (Å²) in [6, 6.07) is 0. The molecule has 2 atom stereocenters. The van der Waals surface area contributed by atoms with Crippen LogP contribution in [0.25, 0.3) is 0 Å². The lowest BCUT2D eigenvalue weighted by atomic mass is 9.74. The molecule has 1 aromatic heterocycles. The largest absolute Gasteiger partial charge is 0.325 e. The zero-order valence-electron chi connectivity index (χ0n) is 10.8. The number of aryl methyl sites for hydroxylation is 1. The quantitative estimate of drug-likeness (QED) is 0.860. The minimum absolute atomic E-state index is 0. The second-order valence-electron chi connectivity index (χ2n) is 5.20. The molecule has 0 spiro atoms. The van der Waals surface area contributed by atoms with Crippen molar-refractivity contribution in [2.24, 2.45) is 18.7 Å². The zero-order valence-corrected chi connectivity index (χ0v) is 11.7. The minimum Gasteiger partial charge on any atom is -0.325 e. The van der Waals surface area contributed by atoms with Crippen molar-refractivity contribution in [2.45, 2.75) is 38.1 Å². The number of hydrogen-bond donors (Lipinski definition) is 2. The number of nitrogens with two attached hydrogens (primary N) is 1. The summed E-state index contributed by atoms with van der Waals surface area (Å²) < 4.78 is 1.66. The highest BCUT2D eigenvalue weighted by molar-refractivity contribution is 5.93. The predicted octanol–water partition coefficient (Wildman–Crippen LogP) is 1.69. The second kappa shape index (κ2) is 5.71. The van der Waals surface area contributed by atoms with E-state index in [1.807, 2.05) is 14.0 Å². The maximum atomic E-state index is 12.2. The zero-order chi connectivity index (χ0) is 12.5. The molecule has 1 aromatic rings. The Morgan fingerprint density at radius 2 is 2.33 bits per heavy atom. The molecule has 0 bridgehead atoms. The number of nitrogens with one attached hydrogen (secondary N) is 1. The van der Waals surface area contributed by atoms with E-state index in [4.69, 9.17) is 5.73 Å². The molecule has 2 unspecified atom stereocenters. The molecule has 1 aliphatic rings. The Labute approximate surface area is 114 Å². The van der Waals surface area contributed by atoms with E-state index in [1.165, 1.54) is 0 Å². The van der Waals surface area contributed by atoms with Gasteiger partial charge in [-0.25, -0.2) is 0 Å². The van der Waals surface area contributed by atoms with Crippen molar-refractivity contribution in [2.75, 3.05) is 5.32 Å². The normalized spacial score (nSPS) is 27.4. The van der Waals surface area contributed by atoms with Gasteiger partial charge in [-0.1, -0.05) is 12.8 Å². The molecule has 0 saturated heterocycles. The lowest BCUT2D eigenvalue weighted by Gasteiger charge is -2.37. The smallest absolute Gasteiger partial charge is 0.229 e. The van der Waals surface area contributed by atoms with E-state index in [9.17, 15) is 4.79 Å². The minimum atomic E-state index is -0.384. The van der Waals surface area contributed by atoms with Crippen LogP contribution in [-0.2, 0) is 11.8 Å². The van der Waals surface area contributed by atoms with E-state index in [0.717, 1.165) is 31.4 Å². The molecule has 1 amide bonds. The number of anilines is 1. The van der Waals surface area contributed by atoms with Gasteiger partial charge in [-0.15, -0.1) is 12.4 Å². The standard InChI is InChI=1S/C12H20N4O.ClH/c1-12(13)6-4-3-5-10(12)11(17)15-9-7-14-16(2)8-9;/h7-8,10H,3-6,13H2,1-2H3,(H,15,17);1H. The van der Waals surface area contributed by atoms with Gasteiger partial charge in [0.1, 0.15) is 0 Å². The molecule has 2 rings (SSSR count). The molecule has 0 aliphatic heterocycles. The average Bonchev–Trinajstić information content (AvgIpc) is 2.63. The maximum Gasteiger partial charge on any atom is 0.229 e. The van der Waals surface area contributed by atoms with Crippen LogP contribution in [0.2, 0.25) is 0 Å². The number of carbonyl (C=O) groups is 1. The Bertz CT molecular complexity index is 416. The summed E-state index contributed by atoms with van der Waals surface area (Å²) in [5.74, 6) is -0.0841. The van der Waals surface area contributed by atoms with Crippen LogP contribution in [0.15, 0.2) is 12.4 Å². The van der Waals surface area contributed by atoms with Gasteiger partial charge in [0.05, 0.1) is 17.8 Å². The van der Waals surface area contributed by atoms with E-state index in [2.05, 4.69) is 10.4 Å². The number of nitrogens with zero attached hydrogens (tertiary/aromatic N) is 2. The highest BCUT2D eigenvalue weighted by Gasteiger charge is 2.37. The highest BCUT2D eigenvalue weighted by Crippen LogP contribution is 2.32. The van der Waals surface area contributed by atoms with Crippen LogP contribution >= 0.6 is 12.4 Å². The molecular formula is C12H21ClN4O. The number of carbonyl (C=O) groups excluding carboxylic acids is 1. The molecule has 1 heterocycles. The van der Waals surface area contributed by atoms with Crippen LogP contribution in [0.5, 0.6) is 0 Å². The summed E-state index contributed by atoms with van der Waals surface area (Å²) in [5, 5.41) is 6.91. The van der Waals surface area contributed by atoms with Gasteiger partial charge in [0.2, 0.25) is 5.91 Å². The first-order valence-corrected chi connectivity index (χ1v) is 6.07. The number of hydrogen-bond acceptors (Lipinski definition) is 3. The van der Waals surface area contributed by atoms with Crippen LogP contribution in [0.1, 0.15) is 32.6 Å². The topological polar surface area (TPSA) is 72.9 Å². The van der Waals surface area contributed by atoms with Gasteiger partial charge in [-0.05, 0) is 19.8 Å². The molecule has 18 heavy (non-hydrogen) atoms. The van der Waals surface area contributed by atoms with E-state index in [0.29, 0.717) is 0 Å². The van der Waals surface area contributed by atoms with E-state index in [-0.39, 0.29) is 29.8 Å². The first-order valence-electron chi connectivity index (χ1n) is 6.07. The molecule has 0 radical (unpaired) electrons.